The molecule has 0 spiro atoms. The number of rotatable bonds is 9. The van der Waals surface area contributed by atoms with Gasteiger partial charge >= 0.3 is 0 Å². The van der Waals surface area contributed by atoms with Gasteiger partial charge in [0.15, 0.2) is 0 Å². The molecule has 1 atom stereocenters. The number of nitrogens with zero attached hydrogens (tertiary/aromatic N) is 3. The summed E-state index contributed by atoms with van der Waals surface area (Å²) in [7, 11) is 2.15. The predicted octanol–water partition coefficient (Wildman–Crippen LogP) is 6.39. The van der Waals surface area contributed by atoms with Gasteiger partial charge in [0.1, 0.15) is 11.4 Å². The molecule has 2 aromatic heterocycles. The van der Waals surface area contributed by atoms with E-state index in [4.69, 9.17) is 4.74 Å². The molecular weight excluding hydrogens is 466 g/mol. The fraction of sp³-hybridized carbons (Fsp3) is 0.333. The van der Waals surface area contributed by atoms with Crippen molar-refractivity contribution >= 4 is 28.1 Å². The first-order chi connectivity index (χ1) is 17.7. The number of ether oxygens (including phenoxy) is 1. The van der Waals surface area contributed by atoms with Gasteiger partial charge in [-0.15, -0.1) is 11.3 Å². The van der Waals surface area contributed by atoms with E-state index in [0.29, 0.717) is 12.3 Å². The van der Waals surface area contributed by atoms with Gasteiger partial charge in [-0.25, -0.2) is 4.98 Å². The van der Waals surface area contributed by atoms with Crippen LogP contribution in [0.1, 0.15) is 46.6 Å². The van der Waals surface area contributed by atoms with E-state index in [9.17, 15) is 4.79 Å². The molecular formula is C30H33N3O2S. The number of carbonyl (C=O) groups excluding carboxylic acids is 1. The number of carbonyl (C=O) groups is 1. The summed E-state index contributed by atoms with van der Waals surface area (Å²) in [6.45, 7) is 3.24. The Bertz CT molecular complexity index is 1270. The average Bonchev–Trinajstić information content (AvgIpc) is 3.42. The Hall–Kier alpha value is -3.22. The highest BCUT2D eigenvalue weighted by Gasteiger charge is 2.28. The third-order valence-corrected chi connectivity index (χ3v) is 7.67. The molecule has 1 fully saturated rings. The number of thiophene rings is 1. The highest BCUT2D eigenvalue weighted by atomic mass is 32.1. The lowest BCUT2D eigenvalue weighted by Crippen LogP contribution is -2.44. The third-order valence-electron chi connectivity index (χ3n) is 6.81. The van der Waals surface area contributed by atoms with Gasteiger partial charge < -0.3 is 9.64 Å². The summed E-state index contributed by atoms with van der Waals surface area (Å²) in [5.41, 5.74) is 2.66. The van der Waals surface area contributed by atoms with E-state index in [1.54, 1.807) is 11.3 Å². The van der Waals surface area contributed by atoms with Crippen LogP contribution in [0.15, 0.2) is 78.2 Å². The maximum absolute atomic E-state index is 13.3. The Morgan fingerprint density at radius 2 is 1.89 bits per heavy atom. The quantitative estimate of drug-likeness (QED) is 0.268. The normalized spacial score (nSPS) is 15.9. The second-order valence-electron chi connectivity index (χ2n) is 9.57. The number of fused-ring (bicyclic) bond motifs is 1. The van der Waals surface area contributed by atoms with Crippen molar-refractivity contribution in [1.29, 1.82) is 0 Å². The molecule has 186 valence electrons. The summed E-state index contributed by atoms with van der Waals surface area (Å²) in [6.07, 6.45) is 4.02. The van der Waals surface area contributed by atoms with E-state index >= 15 is 0 Å². The molecule has 0 aliphatic carbocycles. The maximum Gasteiger partial charge on any atom is 0.272 e. The second-order valence-corrected chi connectivity index (χ2v) is 10.6. The van der Waals surface area contributed by atoms with Crippen molar-refractivity contribution in [2.45, 2.75) is 44.8 Å². The number of hydrogen-bond donors (Lipinski definition) is 0. The molecule has 5 rings (SSSR count). The highest BCUT2D eigenvalue weighted by Crippen LogP contribution is 2.23. The number of benzene rings is 2. The molecule has 1 amide bonds. The fourth-order valence-corrected chi connectivity index (χ4v) is 5.72. The lowest BCUT2D eigenvalue weighted by molar-refractivity contribution is 0.0575. The van der Waals surface area contributed by atoms with Crippen LogP contribution < -0.4 is 4.74 Å². The van der Waals surface area contributed by atoms with E-state index in [0.717, 1.165) is 62.0 Å². The third kappa shape index (κ3) is 6.12. The van der Waals surface area contributed by atoms with E-state index in [1.807, 2.05) is 41.3 Å². The molecule has 3 heterocycles. The lowest BCUT2D eigenvalue weighted by atomic mass is 9.99. The van der Waals surface area contributed by atoms with Crippen molar-refractivity contribution in [2.24, 2.45) is 0 Å². The molecule has 2 aromatic carbocycles. The second kappa shape index (κ2) is 11.7. The zero-order valence-corrected chi connectivity index (χ0v) is 21.6. The van der Waals surface area contributed by atoms with E-state index < -0.39 is 0 Å². The van der Waals surface area contributed by atoms with Crippen LogP contribution in [0.5, 0.6) is 5.75 Å². The van der Waals surface area contributed by atoms with Gasteiger partial charge in [-0.3, -0.25) is 9.69 Å². The standard InChI is InChI=1S/C30H33N3O2S/c1-32(22-27-9-6-20-36-27)21-23-11-14-26(15-12-23)35-19-17-25-8-4-5-18-33(25)30(34)29-16-13-24-7-2-3-10-28(24)31-29/h2-3,6-7,9-16,20,25H,4-5,8,17-19,21-22H2,1H3. The maximum atomic E-state index is 13.3. The van der Waals surface area contributed by atoms with Crippen LogP contribution in [0.25, 0.3) is 10.9 Å². The largest absolute Gasteiger partial charge is 0.494 e. The van der Waals surface area contributed by atoms with Gasteiger partial charge in [-0.1, -0.05) is 42.5 Å². The van der Waals surface area contributed by atoms with Crippen LogP contribution in [0, 0.1) is 0 Å². The molecule has 1 aliphatic heterocycles. The summed E-state index contributed by atoms with van der Waals surface area (Å²) < 4.78 is 6.08. The van der Waals surface area contributed by atoms with Crippen molar-refractivity contribution in [3.05, 3.63) is 94.3 Å². The van der Waals surface area contributed by atoms with Crippen LogP contribution in [0.2, 0.25) is 0 Å². The number of aromatic nitrogens is 1. The summed E-state index contributed by atoms with van der Waals surface area (Å²) in [5, 5.41) is 3.18. The van der Waals surface area contributed by atoms with Crippen LogP contribution in [-0.2, 0) is 13.1 Å². The zero-order chi connectivity index (χ0) is 24.7. The Labute approximate surface area is 217 Å². The molecule has 6 heteroatoms. The Kier molecular flexibility index (Phi) is 7.94. The fourth-order valence-electron chi connectivity index (χ4n) is 4.94. The topological polar surface area (TPSA) is 45.7 Å². The first kappa shape index (κ1) is 24.5. The van der Waals surface area contributed by atoms with Gasteiger partial charge in [-0.2, -0.15) is 0 Å². The first-order valence-electron chi connectivity index (χ1n) is 12.8. The van der Waals surface area contributed by atoms with Crippen LogP contribution in [0.4, 0.5) is 0 Å². The molecule has 4 aromatic rings. The van der Waals surface area contributed by atoms with Crippen molar-refractivity contribution in [1.82, 2.24) is 14.8 Å². The number of piperidine rings is 1. The van der Waals surface area contributed by atoms with E-state index in [1.165, 1.54) is 10.4 Å². The Morgan fingerprint density at radius 1 is 1.03 bits per heavy atom. The van der Waals surface area contributed by atoms with E-state index in [-0.39, 0.29) is 11.9 Å². The minimum Gasteiger partial charge on any atom is -0.494 e. The van der Waals surface area contributed by atoms with Crippen LogP contribution in [0.3, 0.4) is 0 Å². The molecule has 0 saturated carbocycles. The van der Waals surface area contributed by atoms with Gasteiger partial charge in [0.2, 0.25) is 0 Å². The van der Waals surface area contributed by atoms with Crippen molar-refractivity contribution in [2.75, 3.05) is 20.2 Å². The van der Waals surface area contributed by atoms with Crippen molar-refractivity contribution in [3.8, 4) is 5.75 Å². The highest BCUT2D eigenvalue weighted by molar-refractivity contribution is 7.09. The van der Waals surface area contributed by atoms with Gasteiger partial charge in [0.25, 0.3) is 5.91 Å². The number of pyridine rings is 1. The Morgan fingerprint density at radius 3 is 2.72 bits per heavy atom. The molecule has 1 saturated heterocycles. The average molecular weight is 500 g/mol. The number of amides is 1. The SMILES string of the molecule is CN(Cc1ccc(OCCC2CCCCN2C(=O)c2ccc3ccccc3n2)cc1)Cc1cccs1. The van der Waals surface area contributed by atoms with Crippen LogP contribution in [-0.4, -0.2) is 46.9 Å². The van der Waals surface area contributed by atoms with Gasteiger partial charge in [0, 0.05) is 42.4 Å². The molecule has 1 aliphatic rings. The molecule has 36 heavy (non-hydrogen) atoms. The molecule has 1 unspecified atom stereocenters. The summed E-state index contributed by atoms with van der Waals surface area (Å²) in [5.74, 6) is 0.908. The van der Waals surface area contributed by atoms with Crippen molar-refractivity contribution in [3.63, 3.8) is 0 Å². The first-order valence-corrected chi connectivity index (χ1v) is 13.6. The molecule has 0 N–H and O–H groups in total. The van der Waals surface area contributed by atoms with E-state index in [2.05, 4.69) is 58.7 Å². The minimum atomic E-state index is 0.0291. The van der Waals surface area contributed by atoms with Crippen molar-refractivity contribution < 1.29 is 9.53 Å². The summed E-state index contributed by atoms with van der Waals surface area (Å²) >= 11 is 1.80. The number of para-hydroxylation sites is 1. The van der Waals surface area contributed by atoms with Gasteiger partial charge in [-0.05, 0) is 67.6 Å². The molecule has 0 bridgehead atoms. The molecule has 0 radical (unpaired) electrons. The monoisotopic (exact) mass is 499 g/mol. The smallest absolute Gasteiger partial charge is 0.272 e. The zero-order valence-electron chi connectivity index (χ0n) is 20.8. The summed E-state index contributed by atoms with van der Waals surface area (Å²) in [4.78, 5) is 23.7. The Balaban J connectivity index is 1.14. The lowest BCUT2D eigenvalue weighted by Gasteiger charge is -2.35. The summed E-state index contributed by atoms with van der Waals surface area (Å²) in [6, 6.07) is 24.6. The van der Waals surface area contributed by atoms with Crippen LogP contribution >= 0.6 is 11.3 Å². The minimum absolute atomic E-state index is 0.0291. The number of hydrogen-bond acceptors (Lipinski definition) is 5. The number of likely N-dealkylation sites (tertiary alicyclic amines) is 1. The van der Waals surface area contributed by atoms with Gasteiger partial charge in [0.05, 0.1) is 12.1 Å². The molecule has 5 nitrogen and oxygen atoms in total. The predicted molar refractivity (Wildman–Crippen MR) is 146 cm³/mol.